The minimum atomic E-state index is 0.109. The molecule has 0 spiro atoms. The summed E-state index contributed by atoms with van der Waals surface area (Å²) >= 11 is 0. The van der Waals surface area contributed by atoms with Crippen LogP contribution in [0, 0.1) is 6.92 Å². The molecule has 0 saturated carbocycles. The van der Waals surface area contributed by atoms with E-state index in [1.807, 2.05) is 61.5 Å². The lowest BCUT2D eigenvalue weighted by Crippen LogP contribution is -2.13. The summed E-state index contributed by atoms with van der Waals surface area (Å²) in [6.07, 6.45) is 0. The van der Waals surface area contributed by atoms with Gasteiger partial charge in [-0.15, -0.1) is 0 Å². The summed E-state index contributed by atoms with van der Waals surface area (Å²) in [5.74, 6) is 0.109. The van der Waals surface area contributed by atoms with Gasteiger partial charge in [0, 0.05) is 11.3 Å². The zero-order valence-corrected chi connectivity index (χ0v) is 9.81. The highest BCUT2D eigenvalue weighted by molar-refractivity contribution is 5.99. The minimum absolute atomic E-state index is 0.109. The van der Waals surface area contributed by atoms with Gasteiger partial charge in [0.25, 0.3) is 0 Å². The Labute approximate surface area is 101 Å². The van der Waals surface area contributed by atoms with Gasteiger partial charge >= 0.3 is 0 Å². The number of carbonyl (C=O) groups is 1. The van der Waals surface area contributed by atoms with Gasteiger partial charge in [-0.25, -0.2) is 0 Å². The van der Waals surface area contributed by atoms with E-state index in [0.717, 1.165) is 16.8 Å². The molecular formula is C15H15NO. The summed E-state index contributed by atoms with van der Waals surface area (Å²) in [5, 5.41) is 3.11. The first kappa shape index (κ1) is 11.4. The zero-order valence-electron chi connectivity index (χ0n) is 9.81. The van der Waals surface area contributed by atoms with E-state index in [-0.39, 0.29) is 5.78 Å². The fraction of sp³-hybridized carbons (Fsp3) is 0.133. The third-order valence-corrected chi connectivity index (χ3v) is 2.57. The van der Waals surface area contributed by atoms with E-state index in [0.29, 0.717) is 6.54 Å². The quantitative estimate of drug-likeness (QED) is 0.809. The minimum Gasteiger partial charge on any atom is -0.378 e. The molecule has 0 aliphatic heterocycles. The van der Waals surface area contributed by atoms with Crippen molar-refractivity contribution in [3.8, 4) is 0 Å². The molecule has 17 heavy (non-hydrogen) atoms. The predicted octanol–water partition coefficient (Wildman–Crippen LogP) is 3.29. The van der Waals surface area contributed by atoms with Crippen LogP contribution in [0.15, 0.2) is 54.6 Å². The largest absolute Gasteiger partial charge is 0.378 e. The molecule has 2 nitrogen and oxygen atoms in total. The fourth-order valence-electron chi connectivity index (χ4n) is 1.66. The number of Topliss-reactive ketones (excluding diaryl/α,β-unsaturated/α-hetero) is 1. The lowest BCUT2D eigenvalue weighted by atomic mass is 10.1. The van der Waals surface area contributed by atoms with E-state index in [9.17, 15) is 4.79 Å². The maximum absolute atomic E-state index is 11.9. The Kier molecular flexibility index (Phi) is 3.55. The first-order valence-corrected chi connectivity index (χ1v) is 5.64. The van der Waals surface area contributed by atoms with Gasteiger partial charge in [0.15, 0.2) is 5.78 Å². The van der Waals surface area contributed by atoms with Crippen LogP contribution >= 0.6 is 0 Å². The van der Waals surface area contributed by atoms with Crippen molar-refractivity contribution >= 4 is 11.5 Å². The average Bonchev–Trinajstić information content (AvgIpc) is 2.37. The summed E-state index contributed by atoms with van der Waals surface area (Å²) in [6.45, 7) is 2.31. The number of para-hydroxylation sites is 1. The van der Waals surface area contributed by atoms with E-state index < -0.39 is 0 Å². The Morgan fingerprint density at radius 2 is 1.82 bits per heavy atom. The molecule has 0 aliphatic carbocycles. The number of nitrogens with one attached hydrogen (secondary N) is 1. The standard InChI is InChI=1S/C15H15NO/c1-12-6-5-7-13(10-12)15(17)11-16-14-8-3-2-4-9-14/h2-10,16H,11H2,1H3. The summed E-state index contributed by atoms with van der Waals surface area (Å²) in [4.78, 5) is 11.9. The Balaban J connectivity index is 1.98. The van der Waals surface area contributed by atoms with Crippen molar-refractivity contribution in [1.29, 1.82) is 0 Å². The molecule has 0 aliphatic rings. The van der Waals surface area contributed by atoms with E-state index in [2.05, 4.69) is 5.32 Å². The summed E-state index contributed by atoms with van der Waals surface area (Å²) in [7, 11) is 0. The monoisotopic (exact) mass is 225 g/mol. The first-order valence-electron chi connectivity index (χ1n) is 5.64. The van der Waals surface area contributed by atoms with Crippen LogP contribution in [0.4, 0.5) is 5.69 Å². The second-order valence-electron chi connectivity index (χ2n) is 4.01. The second kappa shape index (κ2) is 5.30. The molecule has 1 N–H and O–H groups in total. The Morgan fingerprint density at radius 3 is 2.53 bits per heavy atom. The van der Waals surface area contributed by atoms with E-state index >= 15 is 0 Å². The molecule has 0 saturated heterocycles. The van der Waals surface area contributed by atoms with Gasteiger partial charge in [0.1, 0.15) is 0 Å². The zero-order chi connectivity index (χ0) is 12.1. The molecule has 2 rings (SSSR count). The lowest BCUT2D eigenvalue weighted by molar-refractivity contribution is 0.101. The molecular weight excluding hydrogens is 210 g/mol. The van der Waals surface area contributed by atoms with Crippen LogP contribution in [0.2, 0.25) is 0 Å². The number of benzene rings is 2. The number of hydrogen-bond donors (Lipinski definition) is 1. The lowest BCUT2D eigenvalue weighted by Gasteiger charge is -2.05. The van der Waals surface area contributed by atoms with Crippen molar-refractivity contribution in [3.05, 3.63) is 65.7 Å². The smallest absolute Gasteiger partial charge is 0.181 e. The maximum atomic E-state index is 11.9. The van der Waals surface area contributed by atoms with Crippen molar-refractivity contribution in [1.82, 2.24) is 0 Å². The summed E-state index contributed by atoms with van der Waals surface area (Å²) < 4.78 is 0. The number of ketones is 1. The van der Waals surface area contributed by atoms with Gasteiger partial charge in [0.05, 0.1) is 6.54 Å². The van der Waals surface area contributed by atoms with Crippen LogP contribution in [-0.2, 0) is 0 Å². The molecule has 86 valence electrons. The Hall–Kier alpha value is -2.09. The number of hydrogen-bond acceptors (Lipinski definition) is 2. The molecule has 0 bridgehead atoms. The first-order chi connectivity index (χ1) is 8.25. The number of aryl methyl sites for hydroxylation is 1. The van der Waals surface area contributed by atoms with Crippen molar-refractivity contribution in [2.24, 2.45) is 0 Å². The van der Waals surface area contributed by atoms with Gasteiger partial charge in [-0.05, 0) is 25.1 Å². The normalized spacial score (nSPS) is 9.94. The van der Waals surface area contributed by atoms with Crippen LogP contribution in [0.5, 0.6) is 0 Å². The van der Waals surface area contributed by atoms with Crippen LogP contribution < -0.4 is 5.32 Å². The third-order valence-electron chi connectivity index (χ3n) is 2.57. The Morgan fingerprint density at radius 1 is 1.06 bits per heavy atom. The molecule has 0 atom stereocenters. The topological polar surface area (TPSA) is 29.1 Å². The van der Waals surface area contributed by atoms with E-state index in [1.165, 1.54) is 0 Å². The van der Waals surface area contributed by atoms with Crippen molar-refractivity contribution in [3.63, 3.8) is 0 Å². The van der Waals surface area contributed by atoms with Crippen LogP contribution in [0.1, 0.15) is 15.9 Å². The molecule has 2 aromatic rings. The van der Waals surface area contributed by atoms with Gasteiger partial charge in [-0.3, -0.25) is 4.79 Å². The third kappa shape index (κ3) is 3.18. The van der Waals surface area contributed by atoms with Gasteiger partial charge in [0.2, 0.25) is 0 Å². The molecule has 2 heteroatoms. The van der Waals surface area contributed by atoms with Crippen molar-refractivity contribution in [2.75, 3.05) is 11.9 Å². The van der Waals surface area contributed by atoms with E-state index in [4.69, 9.17) is 0 Å². The maximum Gasteiger partial charge on any atom is 0.181 e. The molecule has 0 fully saturated rings. The van der Waals surface area contributed by atoms with Crippen LogP contribution in [0.3, 0.4) is 0 Å². The van der Waals surface area contributed by atoms with Crippen LogP contribution in [0.25, 0.3) is 0 Å². The Bertz CT molecular complexity index is 505. The van der Waals surface area contributed by atoms with Crippen molar-refractivity contribution in [2.45, 2.75) is 6.92 Å². The molecule has 2 aromatic carbocycles. The SMILES string of the molecule is Cc1cccc(C(=O)CNc2ccccc2)c1. The summed E-state index contributed by atoms with van der Waals surface area (Å²) in [5.41, 5.74) is 2.83. The molecule has 0 radical (unpaired) electrons. The van der Waals surface area contributed by atoms with E-state index in [1.54, 1.807) is 0 Å². The highest BCUT2D eigenvalue weighted by Crippen LogP contribution is 2.07. The number of carbonyl (C=O) groups excluding carboxylic acids is 1. The fourth-order valence-corrected chi connectivity index (χ4v) is 1.66. The number of anilines is 1. The van der Waals surface area contributed by atoms with Crippen LogP contribution in [-0.4, -0.2) is 12.3 Å². The highest BCUT2D eigenvalue weighted by Gasteiger charge is 2.04. The molecule has 0 amide bonds. The molecule has 0 unspecified atom stereocenters. The number of rotatable bonds is 4. The molecule has 0 heterocycles. The van der Waals surface area contributed by atoms with Gasteiger partial charge in [-0.2, -0.15) is 0 Å². The molecule has 0 aromatic heterocycles. The van der Waals surface area contributed by atoms with Crippen molar-refractivity contribution < 1.29 is 4.79 Å². The highest BCUT2D eigenvalue weighted by atomic mass is 16.1. The van der Waals surface area contributed by atoms with Gasteiger partial charge < -0.3 is 5.32 Å². The summed E-state index contributed by atoms with van der Waals surface area (Å²) in [6, 6.07) is 17.4. The second-order valence-corrected chi connectivity index (χ2v) is 4.01. The average molecular weight is 225 g/mol. The predicted molar refractivity (Wildman–Crippen MR) is 70.4 cm³/mol. The van der Waals surface area contributed by atoms with Gasteiger partial charge in [-0.1, -0.05) is 42.0 Å².